The van der Waals surface area contributed by atoms with Crippen LogP contribution in [0.25, 0.3) is 11.5 Å². The molecule has 28 heavy (non-hydrogen) atoms. The van der Waals surface area contributed by atoms with E-state index >= 15 is 0 Å². The van der Waals surface area contributed by atoms with Crippen LogP contribution in [-0.4, -0.2) is 17.4 Å². The third-order valence-corrected chi connectivity index (χ3v) is 5.52. The summed E-state index contributed by atoms with van der Waals surface area (Å²) in [5.74, 6) is 2.14. The fourth-order valence-corrected chi connectivity index (χ4v) is 3.62. The molecule has 2 aromatic carbocycles. The van der Waals surface area contributed by atoms with E-state index < -0.39 is 0 Å². The fourth-order valence-electron chi connectivity index (χ4n) is 2.72. The molecular weight excluding hydrogens is 368 g/mol. The zero-order chi connectivity index (χ0) is 19.9. The number of amides is 1. The van der Waals surface area contributed by atoms with Gasteiger partial charge in [0.05, 0.1) is 5.69 Å². The second kappa shape index (κ2) is 9.60. The Bertz CT molecular complexity index is 915. The Hall–Kier alpha value is -2.53. The second-order valence-corrected chi connectivity index (χ2v) is 7.86. The Labute approximate surface area is 170 Å². The maximum Gasteiger partial charge on any atom is 0.251 e. The number of hydrogen-bond donors (Lipinski definition) is 1. The molecule has 0 atom stereocenters. The SMILES string of the molecule is CCCCNC(=O)c1ccc(-c2nc(CSc3ccc(C)cc3)c(C)o2)cc1. The monoisotopic (exact) mass is 394 g/mol. The molecule has 0 aliphatic heterocycles. The molecular formula is C23H26N2O2S. The number of thioether (sulfide) groups is 1. The van der Waals surface area contributed by atoms with Crippen molar-refractivity contribution in [2.75, 3.05) is 6.54 Å². The first-order valence-electron chi connectivity index (χ1n) is 9.61. The Kier molecular flexibility index (Phi) is 6.93. The van der Waals surface area contributed by atoms with E-state index in [9.17, 15) is 4.79 Å². The Morgan fingerprint density at radius 3 is 2.46 bits per heavy atom. The molecule has 0 bridgehead atoms. The molecule has 0 aliphatic rings. The van der Waals surface area contributed by atoms with Crippen LogP contribution in [0.5, 0.6) is 0 Å². The number of aromatic nitrogens is 1. The van der Waals surface area contributed by atoms with Gasteiger partial charge in [-0.25, -0.2) is 4.98 Å². The lowest BCUT2D eigenvalue weighted by Gasteiger charge is -2.04. The van der Waals surface area contributed by atoms with Gasteiger partial charge in [0.2, 0.25) is 5.89 Å². The van der Waals surface area contributed by atoms with Crippen LogP contribution in [0, 0.1) is 13.8 Å². The zero-order valence-corrected chi connectivity index (χ0v) is 17.4. The van der Waals surface area contributed by atoms with E-state index in [0.29, 0.717) is 18.0 Å². The van der Waals surface area contributed by atoms with Crippen LogP contribution in [-0.2, 0) is 5.75 Å². The molecule has 0 radical (unpaired) electrons. The summed E-state index contributed by atoms with van der Waals surface area (Å²) in [5, 5.41) is 2.93. The molecule has 0 unspecified atom stereocenters. The summed E-state index contributed by atoms with van der Waals surface area (Å²) in [5.41, 5.74) is 3.73. The van der Waals surface area contributed by atoms with Crippen LogP contribution in [0.3, 0.4) is 0 Å². The Balaban J connectivity index is 1.65. The number of oxazole rings is 1. The van der Waals surface area contributed by atoms with E-state index in [1.807, 2.05) is 31.2 Å². The quantitative estimate of drug-likeness (QED) is 0.389. The Morgan fingerprint density at radius 1 is 1.07 bits per heavy atom. The first kappa shape index (κ1) is 20.2. The molecule has 0 fully saturated rings. The number of carbonyl (C=O) groups excluding carboxylic acids is 1. The van der Waals surface area contributed by atoms with E-state index in [4.69, 9.17) is 4.42 Å². The molecule has 0 aliphatic carbocycles. The van der Waals surface area contributed by atoms with Gasteiger partial charge in [0.1, 0.15) is 5.76 Å². The van der Waals surface area contributed by atoms with Crippen molar-refractivity contribution in [2.45, 2.75) is 44.3 Å². The topological polar surface area (TPSA) is 55.1 Å². The van der Waals surface area contributed by atoms with Crippen molar-refractivity contribution in [3.63, 3.8) is 0 Å². The van der Waals surface area contributed by atoms with Crippen LogP contribution >= 0.6 is 11.8 Å². The minimum atomic E-state index is -0.0428. The number of carbonyl (C=O) groups is 1. The summed E-state index contributed by atoms with van der Waals surface area (Å²) < 4.78 is 5.86. The highest BCUT2D eigenvalue weighted by atomic mass is 32.2. The predicted octanol–water partition coefficient (Wildman–Crippen LogP) is 5.78. The minimum absolute atomic E-state index is 0.0428. The zero-order valence-electron chi connectivity index (χ0n) is 16.6. The molecule has 3 rings (SSSR count). The van der Waals surface area contributed by atoms with Crippen molar-refractivity contribution in [3.8, 4) is 11.5 Å². The van der Waals surface area contributed by atoms with Crippen molar-refractivity contribution in [3.05, 3.63) is 71.1 Å². The number of nitrogens with zero attached hydrogens (tertiary/aromatic N) is 1. The van der Waals surface area contributed by atoms with Gasteiger partial charge >= 0.3 is 0 Å². The summed E-state index contributed by atoms with van der Waals surface area (Å²) in [6.07, 6.45) is 2.05. The van der Waals surface area contributed by atoms with E-state index in [2.05, 4.69) is 48.4 Å². The summed E-state index contributed by atoms with van der Waals surface area (Å²) >= 11 is 1.75. The van der Waals surface area contributed by atoms with Gasteiger partial charge in [0.25, 0.3) is 5.91 Å². The van der Waals surface area contributed by atoms with Gasteiger partial charge in [0, 0.05) is 28.3 Å². The highest BCUT2D eigenvalue weighted by Gasteiger charge is 2.13. The van der Waals surface area contributed by atoms with Gasteiger partial charge in [0.15, 0.2) is 0 Å². The second-order valence-electron chi connectivity index (χ2n) is 6.81. The van der Waals surface area contributed by atoms with E-state index in [1.165, 1.54) is 10.5 Å². The molecule has 3 aromatic rings. The first-order valence-corrected chi connectivity index (χ1v) is 10.6. The molecule has 0 spiro atoms. The van der Waals surface area contributed by atoms with Crippen LogP contribution < -0.4 is 5.32 Å². The minimum Gasteiger partial charge on any atom is -0.441 e. The number of aryl methyl sites for hydroxylation is 2. The average molecular weight is 395 g/mol. The maximum absolute atomic E-state index is 12.1. The van der Waals surface area contributed by atoms with Gasteiger partial charge in [-0.05, 0) is 56.7 Å². The van der Waals surface area contributed by atoms with Gasteiger partial charge in [-0.2, -0.15) is 0 Å². The van der Waals surface area contributed by atoms with E-state index in [1.54, 1.807) is 11.8 Å². The number of unbranched alkanes of at least 4 members (excludes halogenated alkanes) is 1. The van der Waals surface area contributed by atoms with Crippen molar-refractivity contribution in [1.82, 2.24) is 10.3 Å². The molecule has 1 amide bonds. The van der Waals surface area contributed by atoms with Gasteiger partial charge in [-0.1, -0.05) is 31.0 Å². The standard InChI is InChI=1S/C23H26N2O2S/c1-4-5-14-24-22(26)18-8-10-19(11-9-18)23-25-21(17(3)27-23)15-28-20-12-6-16(2)7-13-20/h6-13H,4-5,14-15H2,1-3H3,(H,24,26). The first-order chi connectivity index (χ1) is 13.6. The van der Waals surface area contributed by atoms with Crippen LogP contribution in [0.2, 0.25) is 0 Å². The number of hydrogen-bond acceptors (Lipinski definition) is 4. The largest absolute Gasteiger partial charge is 0.441 e. The normalized spacial score (nSPS) is 10.8. The molecule has 4 nitrogen and oxygen atoms in total. The molecule has 0 saturated carbocycles. The molecule has 1 heterocycles. The molecule has 1 aromatic heterocycles. The van der Waals surface area contributed by atoms with Crippen LogP contribution in [0.4, 0.5) is 0 Å². The van der Waals surface area contributed by atoms with Crippen molar-refractivity contribution < 1.29 is 9.21 Å². The smallest absolute Gasteiger partial charge is 0.251 e. The van der Waals surface area contributed by atoms with Gasteiger partial charge in [-0.15, -0.1) is 11.8 Å². The van der Waals surface area contributed by atoms with E-state index in [-0.39, 0.29) is 5.91 Å². The number of nitrogens with one attached hydrogen (secondary N) is 1. The van der Waals surface area contributed by atoms with Crippen molar-refractivity contribution >= 4 is 17.7 Å². The Morgan fingerprint density at radius 2 is 1.79 bits per heavy atom. The fraction of sp³-hybridized carbons (Fsp3) is 0.304. The third-order valence-electron chi connectivity index (χ3n) is 4.50. The van der Waals surface area contributed by atoms with Crippen molar-refractivity contribution in [2.24, 2.45) is 0 Å². The van der Waals surface area contributed by atoms with Crippen LogP contribution in [0.1, 0.15) is 47.1 Å². The average Bonchev–Trinajstić information content (AvgIpc) is 3.08. The third kappa shape index (κ3) is 5.26. The maximum atomic E-state index is 12.1. The lowest BCUT2D eigenvalue weighted by molar-refractivity contribution is 0.0953. The lowest BCUT2D eigenvalue weighted by Crippen LogP contribution is -2.24. The summed E-state index contributed by atoms with van der Waals surface area (Å²) in [4.78, 5) is 18.0. The highest BCUT2D eigenvalue weighted by Crippen LogP contribution is 2.28. The predicted molar refractivity (Wildman–Crippen MR) is 115 cm³/mol. The lowest BCUT2D eigenvalue weighted by atomic mass is 10.1. The van der Waals surface area contributed by atoms with Gasteiger partial charge < -0.3 is 9.73 Å². The molecule has 146 valence electrons. The molecule has 5 heteroatoms. The van der Waals surface area contributed by atoms with E-state index in [0.717, 1.165) is 35.6 Å². The van der Waals surface area contributed by atoms with Crippen LogP contribution in [0.15, 0.2) is 57.8 Å². The highest BCUT2D eigenvalue weighted by molar-refractivity contribution is 7.98. The summed E-state index contributed by atoms with van der Waals surface area (Å²) in [7, 11) is 0. The molecule has 0 saturated heterocycles. The summed E-state index contributed by atoms with van der Waals surface area (Å²) in [6, 6.07) is 15.9. The number of benzene rings is 2. The van der Waals surface area contributed by atoms with Gasteiger partial charge in [-0.3, -0.25) is 4.79 Å². The molecule has 1 N–H and O–H groups in total. The summed E-state index contributed by atoms with van der Waals surface area (Å²) in [6.45, 7) is 6.84. The van der Waals surface area contributed by atoms with Crippen molar-refractivity contribution in [1.29, 1.82) is 0 Å². The number of rotatable bonds is 8.